The summed E-state index contributed by atoms with van der Waals surface area (Å²) in [5, 5.41) is 4.88. The van der Waals surface area contributed by atoms with Crippen LogP contribution in [-0.2, 0) is 10.8 Å². The Balaban J connectivity index is 0.924. The Morgan fingerprint density at radius 1 is 0.309 bits per heavy atom. The highest BCUT2D eigenvalue weighted by Crippen LogP contribution is 2.67. The molecule has 6 heteroatoms. The van der Waals surface area contributed by atoms with Crippen molar-refractivity contribution in [3.63, 3.8) is 0 Å². The van der Waals surface area contributed by atoms with Crippen molar-refractivity contribution < 1.29 is 8.83 Å². The molecule has 14 aromatic carbocycles. The lowest BCUT2D eigenvalue weighted by Gasteiger charge is -2.43. The van der Waals surface area contributed by atoms with E-state index >= 15 is 0 Å². The van der Waals surface area contributed by atoms with E-state index in [-0.39, 0.29) is 5.41 Å². The zero-order chi connectivity index (χ0) is 62.4. The molecular weight excluding hydrogens is 1180 g/mol. The molecule has 2 aliphatic carbocycles. The Kier molecular flexibility index (Phi) is 12.2. The van der Waals surface area contributed by atoms with E-state index in [4.69, 9.17) is 20.4 Å². The van der Waals surface area contributed by atoms with E-state index < -0.39 is 5.41 Å². The number of nitrogens with zero attached hydrogens (tertiary/aromatic N) is 2. The molecule has 0 radical (unpaired) electrons. The number of fused-ring (bicyclic) bond motifs is 18. The van der Waals surface area contributed by atoms with Crippen LogP contribution in [0.2, 0.25) is 5.02 Å². The van der Waals surface area contributed by atoms with Crippen molar-refractivity contribution in [1.82, 2.24) is 0 Å². The summed E-state index contributed by atoms with van der Waals surface area (Å²) in [6.45, 7) is 4.74. The van der Waals surface area contributed by atoms with E-state index in [1.54, 1.807) is 0 Å². The van der Waals surface area contributed by atoms with Crippen molar-refractivity contribution in [3.8, 4) is 55.6 Å². The van der Waals surface area contributed by atoms with Gasteiger partial charge in [0.1, 0.15) is 22.3 Å². The van der Waals surface area contributed by atoms with Crippen LogP contribution in [0.3, 0.4) is 0 Å². The lowest BCUT2D eigenvalue weighted by Crippen LogP contribution is -2.33. The number of rotatable bonds is 9. The SMILES string of the molecule is CC1(C)c2ccccc2-c2ccc(-c3ccccc3N(c3cccc4c3Sc3c(N(c5ccccc5)c5cc(-c6ccccc6)c6oc7ccccc7c6c5)cccc3C43c4ccccc4-c4cc(Cl)ccc43)c3ccc(-c4ccccc4)c4oc5ccccc5c34)cc21. The van der Waals surface area contributed by atoms with Crippen LogP contribution in [0.25, 0.3) is 99.5 Å². The largest absolute Gasteiger partial charge is 0.455 e. The van der Waals surface area contributed by atoms with Gasteiger partial charge in [0, 0.05) is 64.5 Å². The number of hydrogen-bond acceptors (Lipinski definition) is 5. The Morgan fingerprint density at radius 3 is 1.57 bits per heavy atom. The zero-order valence-corrected chi connectivity index (χ0v) is 53.0. The molecule has 2 aromatic heterocycles. The number of halogens is 1. The Hall–Kier alpha value is -11.1. The van der Waals surface area contributed by atoms with Crippen LogP contribution in [-0.4, -0.2) is 0 Å². The first-order chi connectivity index (χ1) is 46.3. The van der Waals surface area contributed by atoms with E-state index in [0.29, 0.717) is 5.02 Å². The normalized spacial score (nSPS) is 14.6. The molecule has 1 unspecified atom stereocenters. The van der Waals surface area contributed by atoms with Gasteiger partial charge < -0.3 is 18.6 Å². The molecule has 0 N–H and O–H groups in total. The number of furan rings is 2. The fourth-order valence-corrected chi connectivity index (χ4v) is 17.7. The van der Waals surface area contributed by atoms with Crippen molar-refractivity contribution in [2.75, 3.05) is 9.80 Å². The predicted octanol–water partition coefficient (Wildman–Crippen LogP) is 25.2. The Labute approximate surface area is 554 Å². The second-order valence-corrected chi connectivity index (χ2v) is 26.9. The van der Waals surface area contributed by atoms with Gasteiger partial charge in [0.25, 0.3) is 0 Å². The van der Waals surface area contributed by atoms with Gasteiger partial charge in [0.2, 0.25) is 0 Å². The second kappa shape index (κ2) is 21.0. The molecule has 1 aliphatic heterocycles. The Bertz CT molecular complexity index is 5790. The maximum absolute atomic E-state index is 7.20. The molecule has 444 valence electrons. The van der Waals surface area contributed by atoms with E-state index in [9.17, 15) is 0 Å². The molecular formula is C88H57ClN2O2S. The summed E-state index contributed by atoms with van der Waals surface area (Å²) < 4.78 is 14.1. The summed E-state index contributed by atoms with van der Waals surface area (Å²) in [5.41, 5.74) is 27.2. The fraction of sp³-hybridized carbons (Fsp3) is 0.0455. The molecule has 19 rings (SSSR count). The van der Waals surface area contributed by atoms with Crippen molar-refractivity contribution in [1.29, 1.82) is 0 Å². The smallest absolute Gasteiger partial charge is 0.145 e. The van der Waals surface area contributed by atoms with Gasteiger partial charge in [-0.15, -0.1) is 0 Å². The molecule has 3 heterocycles. The highest BCUT2D eigenvalue weighted by molar-refractivity contribution is 7.99. The highest BCUT2D eigenvalue weighted by atomic mass is 35.5. The first-order valence-corrected chi connectivity index (χ1v) is 33.3. The summed E-state index contributed by atoms with van der Waals surface area (Å²) in [6.07, 6.45) is 0. The van der Waals surface area contributed by atoms with Crippen LogP contribution in [0, 0.1) is 0 Å². The van der Waals surface area contributed by atoms with Crippen LogP contribution in [0.1, 0.15) is 47.2 Å². The van der Waals surface area contributed by atoms with Crippen LogP contribution >= 0.6 is 23.4 Å². The van der Waals surface area contributed by atoms with Gasteiger partial charge in [-0.25, -0.2) is 0 Å². The van der Waals surface area contributed by atoms with Gasteiger partial charge in [-0.2, -0.15) is 0 Å². The minimum absolute atomic E-state index is 0.215. The molecule has 3 aliphatic rings. The number of para-hydroxylation sites is 4. The molecule has 0 saturated carbocycles. The molecule has 16 aromatic rings. The van der Waals surface area contributed by atoms with Crippen LogP contribution in [0.15, 0.2) is 328 Å². The van der Waals surface area contributed by atoms with E-state index in [0.717, 1.165) is 132 Å². The molecule has 94 heavy (non-hydrogen) atoms. The molecule has 0 saturated heterocycles. The van der Waals surface area contributed by atoms with Gasteiger partial charge in [-0.1, -0.05) is 262 Å². The molecule has 4 nitrogen and oxygen atoms in total. The third-order valence-corrected chi connectivity index (χ3v) is 21.7. The molecule has 0 fully saturated rings. The first-order valence-electron chi connectivity index (χ1n) is 32.2. The summed E-state index contributed by atoms with van der Waals surface area (Å²) in [6, 6.07) is 113. The maximum atomic E-state index is 7.20. The third kappa shape index (κ3) is 7.95. The van der Waals surface area contributed by atoms with Crippen molar-refractivity contribution in [3.05, 3.63) is 348 Å². The minimum Gasteiger partial charge on any atom is -0.455 e. The monoisotopic (exact) mass is 1240 g/mol. The van der Waals surface area contributed by atoms with Gasteiger partial charge in [-0.05, 0) is 157 Å². The van der Waals surface area contributed by atoms with Gasteiger partial charge in [0.05, 0.1) is 33.6 Å². The quantitative estimate of drug-likeness (QED) is 0.144. The van der Waals surface area contributed by atoms with Gasteiger partial charge >= 0.3 is 0 Å². The first kappa shape index (κ1) is 54.6. The molecule has 0 bridgehead atoms. The summed E-state index contributed by atoms with van der Waals surface area (Å²) in [7, 11) is 0. The lowest BCUT2D eigenvalue weighted by molar-refractivity contribution is 0.660. The highest BCUT2D eigenvalue weighted by Gasteiger charge is 2.52. The van der Waals surface area contributed by atoms with Gasteiger partial charge in [0.15, 0.2) is 0 Å². The zero-order valence-electron chi connectivity index (χ0n) is 51.4. The standard InChI is InChI=1S/C88H57ClN2O2S/c1-87(2)70-35-17-12-31-62(70)64-46-44-56(50-75(64)87)60-30-14-19-39-76(60)91(77-49-47-61(54-24-6-3-7-25-54)84-82(77)66-34-16-21-43-81(66)93-84)79-41-23-38-74-86(79)94-85-73(88(74)71-36-18-13-32-63(71)68-51-57(89)45-48-72(68)88)37-22-40-78(85)90(58-28-10-5-11-29-58)59-52-67(55-26-8-4-9-27-55)83-69(53-59)65-33-15-20-42-80(65)92-83/h3-53H,1-2H3. The third-order valence-electron chi connectivity index (χ3n) is 20.2. The van der Waals surface area contributed by atoms with E-state index in [1.165, 1.54) is 44.5 Å². The maximum Gasteiger partial charge on any atom is 0.145 e. The second-order valence-electron chi connectivity index (χ2n) is 25.5. The summed E-state index contributed by atoms with van der Waals surface area (Å²) >= 11 is 9.05. The number of hydrogen-bond donors (Lipinski definition) is 0. The minimum atomic E-state index is -0.832. The van der Waals surface area contributed by atoms with E-state index in [2.05, 4.69) is 333 Å². The van der Waals surface area contributed by atoms with Crippen LogP contribution in [0.4, 0.5) is 34.1 Å². The van der Waals surface area contributed by atoms with Crippen LogP contribution in [0.5, 0.6) is 0 Å². The van der Waals surface area contributed by atoms with Crippen molar-refractivity contribution >= 4 is 101 Å². The molecule has 1 atom stereocenters. The number of benzene rings is 14. The number of anilines is 6. The van der Waals surface area contributed by atoms with Gasteiger partial charge in [-0.3, -0.25) is 0 Å². The molecule has 1 spiro atoms. The summed E-state index contributed by atoms with van der Waals surface area (Å²) in [5.74, 6) is 0. The van der Waals surface area contributed by atoms with E-state index in [1.807, 2.05) is 11.8 Å². The summed E-state index contributed by atoms with van der Waals surface area (Å²) in [4.78, 5) is 7.31. The average Bonchev–Trinajstić information content (AvgIpc) is 1.46. The van der Waals surface area contributed by atoms with Crippen molar-refractivity contribution in [2.24, 2.45) is 0 Å². The van der Waals surface area contributed by atoms with Crippen LogP contribution < -0.4 is 9.80 Å². The molecule has 0 amide bonds. The Morgan fingerprint density at radius 2 is 0.840 bits per heavy atom. The predicted molar refractivity (Wildman–Crippen MR) is 391 cm³/mol. The lowest BCUT2D eigenvalue weighted by atomic mass is 9.67. The van der Waals surface area contributed by atoms with Crippen molar-refractivity contribution in [2.45, 2.75) is 34.5 Å². The topological polar surface area (TPSA) is 32.8 Å². The fourth-order valence-electron chi connectivity index (χ4n) is 16.1. The average molecular weight is 1240 g/mol.